The van der Waals surface area contributed by atoms with Gasteiger partial charge in [-0.2, -0.15) is 0 Å². The Labute approximate surface area is 104 Å². The second-order valence-electron chi connectivity index (χ2n) is 3.67. The lowest BCUT2D eigenvalue weighted by Gasteiger charge is -1.93. The summed E-state index contributed by atoms with van der Waals surface area (Å²) in [5.41, 5.74) is 2.72. The van der Waals surface area contributed by atoms with E-state index in [0.717, 1.165) is 16.7 Å². The van der Waals surface area contributed by atoms with E-state index in [1.165, 1.54) is 11.8 Å². The molecule has 0 fully saturated rings. The lowest BCUT2D eigenvalue weighted by atomic mass is 10.2. The van der Waals surface area contributed by atoms with Crippen LogP contribution in [0.25, 0.3) is 17.2 Å². The van der Waals surface area contributed by atoms with Gasteiger partial charge in [0, 0.05) is 19.6 Å². The number of carbonyl (C=O) groups excluding carboxylic acids is 1. The minimum absolute atomic E-state index is 0.135. The van der Waals surface area contributed by atoms with Crippen LogP contribution >= 0.6 is 11.8 Å². The van der Waals surface area contributed by atoms with E-state index in [2.05, 4.69) is 4.98 Å². The molecule has 88 valence electrons. The maximum absolute atomic E-state index is 10.7. The molecule has 0 amide bonds. The predicted molar refractivity (Wildman–Crippen MR) is 70.9 cm³/mol. The monoisotopic (exact) mass is 247 g/mol. The highest BCUT2D eigenvalue weighted by Crippen LogP contribution is 2.17. The topological polar surface area (TPSA) is 43.1 Å². The quantitative estimate of drug-likeness (QED) is 0.833. The fraction of sp³-hybridized carbons (Fsp3) is 0.231. The first-order valence-corrected chi connectivity index (χ1v) is 6.31. The number of hydrogen-bond donors (Lipinski definition) is 0. The van der Waals surface area contributed by atoms with Crippen LogP contribution in [0.5, 0.6) is 0 Å². The molecule has 1 heterocycles. The second-order valence-corrected chi connectivity index (χ2v) is 4.86. The van der Waals surface area contributed by atoms with E-state index < -0.39 is 0 Å². The molecule has 0 saturated heterocycles. The Bertz CT molecular complexity index is 572. The van der Waals surface area contributed by atoms with Crippen LogP contribution in [0.15, 0.2) is 28.7 Å². The van der Waals surface area contributed by atoms with Gasteiger partial charge in [0.25, 0.3) is 0 Å². The summed E-state index contributed by atoms with van der Waals surface area (Å²) in [5.74, 6) is 1.37. The van der Waals surface area contributed by atoms with E-state index in [4.69, 9.17) is 4.42 Å². The average molecular weight is 247 g/mol. The average Bonchev–Trinajstić information content (AvgIpc) is 2.63. The molecule has 1 aromatic heterocycles. The van der Waals surface area contributed by atoms with Crippen LogP contribution in [-0.2, 0) is 4.79 Å². The number of fused-ring (bicyclic) bond motifs is 1. The zero-order valence-electron chi connectivity index (χ0n) is 9.77. The van der Waals surface area contributed by atoms with Crippen LogP contribution in [0, 0.1) is 6.92 Å². The van der Waals surface area contributed by atoms with Gasteiger partial charge in [0.1, 0.15) is 5.52 Å². The first-order valence-electron chi connectivity index (χ1n) is 5.32. The number of aromatic nitrogens is 1. The van der Waals surface area contributed by atoms with Crippen molar-refractivity contribution in [2.24, 2.45) is 0 Å². The van der Waals surface area contributed by atoms with Crippen molar-refractivity contribution in [3.8, 4) is 0 Å². The van der Waals surface area contributed by atoms with Crippen molar-refractivity contribution in [3.05, 3.63) is 35.7 Å². The fourth-order valence-corrected chi connectivity index (χ4v) is 1.94. The molecule has 0 aliphatic carbocycles. The van der Waals surface area contributed by atoms with Crippen molar-refractivity contribution < 1.29 is 9.21 Å². The summed E-state index contributed by atoms with van der Waals surface area (Å²) in [5, 5.41) is 0.135. The number of aryl methyl sites for hydroxylation is 1. The Morgan fingerprint density at radius 3 is 3.12 bits per heavy atom. The number of rotatable bonds is 3. The van der Waals surface area contributed by atoms with Gasteiger partial charge in [0.15, 0.2) is 16.6 Å². The minimum Gasteiger partial charge on any atom is -0.441 e. The molecule has 2 rings (SSSR count). The van der Waals surface area contributed by atoms with Crippen molar-refractivity contribution in [2.45, 2.75) is 13.8 Å². The molecular formula is C13H13NO2S. The first-order chi connectivity index (χ1) is 8.15. The highest BCUT2D eigenvalue weighted by atomic mass is 32.2. The maximum Gasteiger partial charge on any atom is 0.192 e. The van der Waals surface area contributed by atoms with Crippen LogP contribution in [0.4, 0.5) is 0 Å². The van der Waals surface area contributed by atoms with E-state index >= 15 is 0 Å². The third-order valence-electron chi connectivity index (χ3n) is 2.21. The summed E-state index contributed by atoms with van der Waals surface area (Å²) >= 11 is 1.30. The summed E-state index contributed by atoms with van der Waals surface area (Å²) in [6.45, 7) is 3.40. The van der Waals surface area contributed by atoms with Gasteiger partial charge in [0.05, 0.1) is 0 Å². The summed E-state index contributed by atoms with van der Waals surface area (Å²) < 4.78 is 5.45. The molecule has 0 spiro atoms. The predicted octanol–water partition coefficient (Wildman–Crippen LogP) is 3.43. The zero-order valence-corrected chi connectivity index (χ0v) is 10.6. The largest absolute Gasteiger partial charge is 0.441 e. The number of carbonyl (C=O) groups is 1. The number of thioether (sulfide) groups is 1. The molecule has 0 N–H and O–H groups in total. The second kappa shape index (κ2) is 5.19. The van der Waals surface area contributed by atoms with Gasteiger partial charge in [-0.05, 0) is 17.7 Å². The van der Waals surface area contributed by atoms with Crippen molar-refractivity contribution in [1.29, 1.82) is 0 Å². The molecule has 2 aromatic rings. The molecular weight excluding hydrogens is 234 g/mol. The number of hydrogen-bond acceptors (Lipinski definition) is 4. The van der Waals surface area contributed by atoms with Crippen LogP contribution in [0.2, 0.25) is 0 Å². The maximum atomic E-state index is 10.7. The van der Waals surface area contributed by atoms with Crippen molar-refractivity contribution in [1.82, 2.24) is 4.98 Å². The van der Waals surface area contributed by atoms with Gasteiger partial charge in [-0.1, -0.05) is 30.0 Å². The lowest BCUT2D eigenvalue weighted by molar-refractivity contribution is -0.109. The van der Waals surface area contributed by atoms with Crippen molar-refractivity contribution in [2.75, 3.05) is 5.75 Å². The molecule has 0 bridgehead atoms. The molecule has 0 unspecified atom stereocenters. The Morgan fingerprint density at radius 2 is 2.35 bits per heavy atom. The molecule has 0 atom stereocenters. The highest BCUT2D eigenvalue weighted by molar-refractivity contribution is 8.13. The van der Waals surface area contributed by atoms with E-state index in [1.807, 2.05) is 37.3 Å². The molecule has 0 saturated carbocycles. The Hall–Kier alpha value is -1.55. The van der Waals surface area contributed by atoms with Gasteiger partial charge in [0.2, 0.25) is 0 Å². The molecule has 0 aliphatic rings. The number of nitrogens with zero attached hydrogens (tertiary/aromatic N) is 1. The minimum atomic E-state index is 0.135. The standard InChI is InChI=1S/C13H13NO2S/c1-9-14-12-6-5-11(8-13(12)16-9)4-3-7-17-10(2)15/h3-6,8H,7H2,1-2H3. The highest BCUT2D eigenvalue weighted by Gasteiger charge is 2.01. The Balaban J connectivity index is 2.10. The van der Waals surface area contributed by atoms with Crippen molar-refractivity contribution in [3.63, 3.8) is 0 Å². The number of oxazole rings is 1. The molecule has 3 nitrogen and oxygen atoms in total. The normalized spacial score (nSPS) is 11.4. The van der Waals surface area contributed by atoms with Gasteiger partial charge in [-0.25, -0.2) is 4.98 Å². The third kappa shape index (κ3) is 3.20. The van der Waals surface area contributed by atoms with Gasteiger partial charge in [-0.15, -0.1) is 0 Å². The number of benzene rings is 1. The Kier molecular flexibility index (Phi) is 3.64. The summed E-state index contributed by atoms with van der Waals surface area (Å²) in [6.07, 6.45) is 3.95. The van der Waals surface area contributed by atoms with Gasteiger partial charge in [-0.3, -0.25) is 4.79 Å². The molecule has 1 aromatic carbocycles. The van der Waals surface area contributed by atoms with E-state index in [1.54, 1.807) is 6.92 Å². The first kappa shape index (κ1) is 11.9. The third-order valence-corrected chi connectivity index (χ3v) is 2.98. The molecule has 4 heteroatoms. The smallest absolute Gasteiger partial charge is 0.192 e. The molecule has 0 aliphatic heterocycles. The fourth-order valence-electron chi connectivity index (χ4n) is 1.51. The van der Waals surface area contributed by atoms with Gasteiger partial charge >= 0.3 is 0 Å². The van der Waals surface area contributed by atoms with E-state index in [9.17, 15) is 4.79 Å². The molecule has 0 radical (unpaired) electrons. The summed E-state index contributed by atoms with van der Waals surface area (Å²) in [4.78, 5) is 15.0. The van der Waals surface area contributed by atoms with Crippen LogP contribution in [-0.4, -0.2) is 15.9 Å². The van der Waals surface area contributed by atoms with Gasteiger partial charge < -0.3 is 4.42 Å². The van der Waals surface area contributed by atoms with E-state index in [0.29, 0.717) is 11.6 Å². The summed E-state index contributed by atoms with van der Waals surface area (Å²) in [6, 6.07) is 5.87. The zero-order chi connectivity index (χ0) is 12.3. The lowest BCUT2D eigenvalue weighted by Crippen LogP contribution is -1.81. The van der Waals surface area contributed by atoms with E-state index in [-0.39, 0.29) is 5.12 Å². The SMILES string of the molecule is CC(=O)SCC=Cc1ccc2nc(C)oc2c1. The Morgan fingerprint density at radius 1 is 1.53 bits per heavy atom. The van der Waals surface area contributed by atoms with Crippen molar-refractivity contribution >= 4 is 34.1 Å². The van der Waals surface area contributed by atoms with Crippen LogP contribution < -0.4 is 0 Å². The van der Waals surface area contributed by atoms with Crippen LogP contribution in [0.1, 0.15) is 18.4 Å². The molecule has 17 heavy (non-hydrogen) atoms. The summed E-state index contributed by atoms with van der Waals surface area (Å²) in [7, 11) is 0. The van der Waals surface area contributed by atoms with Crippen LogP contribution in [0.3, 0.4) is 0 Å².